The molecule has 3 N–H and O–H groups in total. The molecule has 0 saturated heterocycles. The number of ether oxygens (including phenoxy) is 2. The summed E-state index contributed by atoms with van der Waals surface area (Å²) in [6.07, 6.45) is 47.4. The van der Waals surface area contributed by atoms with E-state index in [0.29, 0.717) is 6.42 Å². The Morgan fingerprint density at radius 3 is 1.38 bits per heavy atom. The minimum atomic E-state index is -4.38. The second kappa shape index (κ2) is 42.8. The van der Waals surface area contributed by atoms with Gasteiger partial charge in [-0.15, -0.1) is 0 Å². The Hall–Kier alpha value is -1.77. The number of phosphoric ester groups is 1. The molecule has 328 valence electrons. The van der Waals surface area contributed by atoms with Crippen molar-refractivity contribution in [1.82, 2.24) is 0 Å². The molecule has 0 aliphatic rings. The summed E-state index contributed by atoms with van der Waals surface area (Å²) in [6.45, 7) is 3.72. The molecule has 0 aromatic heterocycles. The van der Waals surface area contributed by atoms with Crippen LogP contribution in [0.2, 0.25) is 0 Å². The quantitative estimate of drug-likeness (QED) is 0.0267. The number of hydrogen-bond donors (Lipinski definition) is 2. The number of phosphoric acid groups is 1. The van der Waals surface area contributed by atoms with E-state index in [-0.39, 0.29) is 38.6 Å². The molecule has 10 heteroatoms. The lowest BCUT2D eigenvalue weighted by molar-refractivity contribution is -0.161. The minimum Gasteiger partial charge on any atom is -0.462 e. The normalized spacial score (nSPS) is 13.6. The standard InChI is InChI=1S/C46H86NO8P/c1-3-5-7-9-11-13-15-17-19-20-21-22-23-24-25-27-29-31-33-35-37-39-46(49)55-44(43-54-56(50,51)53-41-40-47)42-52-45(48)38-36-34-32-30-28-26-18-16-14-12-10-8-6-4-2/h15,17,20-21,23-24,44H,3-14,16,18-19,22,25-43,47H2,1-2H3,(H,50,51)/b17-15-,21-20-,24-23-. The van der Waals surface area contributed by atoms with Crippen molar-refractivity contribution < 1.29 is 37.6 Å². The molecule has 0 saturated carbocycles. The van der Waals surface area contributed by atoms with E-state index >= 15 is 0 Å². The van der Waals surface area contributed by atoms with Gasteiger partial charge in [0.1, 0.15) is 6.61 Å². The van der Waals surface area contributed by atoms with Crippen LogP contribution in [0.5, 0.6) is 0 Å². The van der Waals surface area contributed by atoms with Crippen molar-refractivity contribution in [1.29, 1.82) is 0 Å². The van der Waals surface area contributed by atoms with E-state index in [1.54, 1.807) is 0 Å². The highest BCUT2D eigenvalue weighted by Gasteiger charge is 2.26. The van der Waals surface area contributed by atoms with Gasteiger partial charge in [0.25, 0.3) is 0 Å². The van der Waals surface area contributed by atoms with Crippen LogP contribution in [0.15, 0.2) is 36.5 Å². The highest BCUT2D eigenvalue weighted by Crippen LogP contribution is 2.43. The maximum absolute atomic E-state index is 12.6. The summed E-state index contributed by atoms with van der Waals surface area (Å²) < 4.78 is 32.8. The van der Waals surface area contributed by atoms with Crippen molar-refractivity contribution in [2.24, 2.45) is 5.73 Å². The molecule has 2 unspecified atom stereocenters. The molecule has 0 bridgehead atoms. The monoisotopic (exact) mass is 812 g/mol. The number of hydrogen-bond acceptors (Lipinski definition) is 8. The summed E-state index contributed by atoms with van der Waals surface area (Å²) in [4.78, 5) is 34.9. The summed E-state index contributed by atoms with van der Waals surface area (Å²) in [5.74, 6) is -0.837. The SMILES string of the molecule is CCCCCCC/C=C\C/C=C\C/C=C\CCCCCCCCC(=O)OC(COC(=O)CCCCCCCCCCCCCCCC)COP(=O)(O)OCCN. The molecule has 0 aliphatic heterocycles. The van der Waals surface area contributed by atoms with Gasteiger partial charge in [0.05, 0.1) is 13.2 Å². The van der Waals surface area contributed by atoms with Gasteiger partial charge in [0.15, 0.2) is 6.10 Å². The van der Waals surface area contributed by atoms with E-state index in [2.05, 4.69) is 50.3 Å². The summed E-state index contributed by atoms with van der Waals surface area (Å²) in [5.41, 5.74) is 5.35. The fourth-order valence-electron chi connectivity index (χ4n) is 6.35. The van der Waals surface area contributed by atoms with Crippen LogP contribution in [-0.4, -0.2) is 49.3 Å². The van der Waals surface area contributed by atoms with E-state index in [1.807, 2.05) is 0 Å². The molecule has 0 amide bonds. The van der Waals surface area contributed by atoms with Crippen molar-refractivity contribution in [3.8, 4) is 0 Å². The molecule has 2 atom stereocenters. The summed E-state index contributed by atoms with van der Waals surface area (Å²) in [5, 5.41) is 0. The number of nitrogens with two attached hydrogens (primary N) is 1. The lowest BCUT2D eigenvalue weighted by atomic mass is 10.0. The predicted molar refractivity (Wildman–Crippen MR) is 234 cm³/mol. The largest absolute Gasteiger partial charge is 0.472 e. The Balaban J connectivity index is 4.13. The van der Waals surface area contributed by atoms with Crippen LogP contribution in [0.4, 0.5) is 0 Å². The van der Waals surface area contributed by atoms with Gasteiger partial charge in [-0.3, -0.25) is 18.6 Å². The molecule has 0 aromatic rings. The maximum atomic E-state index is 12.6. The predicted octanol–water partition coefficient (Wildman–Crippen LogP) is 13.3. The van der Waals surface area contributed by atoms with Crippen molar-refractivity contribution in [3.05, 3.63) is 36.5 Å². The molecule has 0 fully saturated rings. The van der Waals surface area contributed by atoms with Crippen molar-refractivity contribution in [2.75, 3.05) is 26.4 Å². The van der Waals surface area contributed by atoms with Gasteiger partial charge in [0.2, 0.25) is 0 Å². The highest BCUT2D eigenvalue weighted by molar-refractivity contribution is 7.47. The third kappa shape index (κ3) is 41.9. The molecule has 0 heterocycles. The molecule has 0 aromatic carbocycles. The van der Waals surface area contributed by atoms with Crippen LogP contribution in [0.25, 0.3) is 0 Å². The summed E-state index contributed by atoms with van der Waals surface area (Å²) >= 11 is 0. The molecule has 56 heavy (non-hydrogen) atoms. The highest BCUT2D eigenvalue weighted by atomic mass is 31.2. The molecular weight excluding hydrogens is 725 g/mol. The second-order valence-corrected chi connectivity index (χ2v) is 16.7. The second-order valence-electron chi connectivity index (χ2n) is 15.3. The van der Waals surface area contributed by atoms with Crippen LogP contribution in [0.1, 0.15) is 213 Å². The third-order valence-electron chi connectivity index (χ3n) is 9.78. The van der Waals surface area contributed by atoms with Gasteiger partial charge in [0, 0.05) is 19.4 Å². The van der Waals surface area contributed by atoms with Gasteiger partial charge in [-0.2, -0.15) is 0 Å². The van der Waals surface area contributed by atoms with Gasteiger partial charge in [-0.25, -0.2) is 4.57 Å². The smallest absolute Gasteiger partial charge is 0.462 e. The molecule has 0 spiro atoms. The van der Waals surface area contributed by atoms with Gasteiger partial charge < -0.3 is 20.1 Å². The van der Waals surface area contributed by atoms with Crippen LogP contribution in [0.3, 0.4) is 0 Å². The number of allylic oxidation sites excluding steroid dienone is 6. The van der Waals surface area contributed by atoms with Crippen molar-refractivity contribution in [2.45, 2.75) is 219 Å². The molecule has 9 nitrogen and oxygen atoms in total. The van der Waals surface area contributed by atoms with E-state index in [9.17, 15) is 19.0 Å². The van der Waals surface area contributed by atoms with Crippen molar-refractivity contribution >= 4 is 19.8 Å². The Kier molecular flexibility index (Phi) is 41.5. The number of carbonyl (C=O) groups excluding carboxylic acids is 2. The topological polar surface area (TPSA) is 134 Å². The van der Waals surface area contributed by atoms with Crippen LogP contribution in [0, 0.1) is 0 Å². The summed E-state index contributed by atoms with van der Waals surface area (Å²) in [6, 6.07) is 0. The fraction of sp³-hybridized carbons (Fsp3) is 0.826. The zero-order valence-electron chi connectivity index (χ0n) is 36.1. The number of esters is 2. The number of carbonyl (C=O) groups is 2. The van der Waals surface area contributed by atoms with E-state index < -0.39 is 26.5 Å². The van der Waals surface area contributed by atoms with Gasteiger partial charge in [-0.05, 0) is 51.4 Å². The first kappa shape index (κ1) is 54.2. The molecule has 0 aliphatic carbocycles. The fourth-order valence-corrected chi connectivity index (χ4v) is 7.11. The zero-order valence-corrected chi connectivity index (χ0v) is 37.0. The molecule has 0 rings (SSSR count). The zero-order chi connectivity index (χ0) is 41.1. The lowest BCUT2D eigenvalue weighted by Gasteiger charge is -2.19. The average molecular weight is 812 g/mol. The summed E-state index contributed by atoms with van der Waals surface area (Å²) in [7, 11) is -4.38. The van der Waals surface area contributed by atoms with Crippen molar-refractivity contribution in [3.63, 3.8) is 0 Å². The first-order valence-electron chi connectivity index (χ1n) is 23.0. The molecule has 0 radical (unpaired) electrons. The Bertz CT molecular complexity index is 1020. The van der Waals surface area contributed by atoms with Crippen LogP contribution in [-0.2, 0) is 32.7 Å². The number of rotatable bonds is 43. The first-order chi connectivity index (χ1) is 27.3. The first-order valence-corrected chi connectivity index (χ1v) is 24.5. The Morgan fingerprint density at radius 2 is 0.929 bits per heavy atom. The Morgan fingerprint density at radius 1 is 0.536 bits per heavy atom. The molecular formula is C46H86NO8P. The maximum Gasteiger partial charge on any atom is 0.472 e. The Labute approximate surface area is 344 Å². The van der Waals surface area contributed by atoms with E-state index in [4.69, 9.17) is 24.3 Å². The van der Waals surface area contributed by atoms with Gasteiger partial charge >= 0.3 is 19.8 Å². The minimum absolute atomic E-state index is 0.0515. The van der Waals surface area contributed by atoms with Crippen LogP contribution >= 0.6 is 7.82 Å². The van der Waals surface area contributed by atoms with Crippen LogP contribution < -0.4 is 5.73 Å². The van der Waals surface area contributed by atoms with E-state index in [0.717, 1.165) is 70.6 Å². The lowest BCUT2D eigenvalue weighted by Crippen LogP contribution is -2.29. The van der Waals surface area contributed by atoms with Gasteiger partial charge in [-0.1, -0.05) is 185 Å². The number of unbranched alkanes of at least 4 members (excludes halogenated alkanes) is 24. The average Bonchev–Trinajstić information content (AvgIpc) is 3.18. The van der Waals surface area contributed by atoms with E-state index in [1.165, 1.54) is 109 Å². The third-order valence-corrected chi connectivity index (χ3v) is 10.8.